The van der Waals surface area contributed by atoms with Gasteiger partial charge in [-0.3, -0.25) is 9.59 Å². The molecule has 1 aliphatic rings. The third-order valence-corrected chi connectivity index (χ3v) is 3.87. The third-order valence-electron chi connectivity index (χ3n) is 3.87. The van der Waals surface area contributed by atoms with E-state index in [2.05, 4.69) is 5.32 Å². The lowest BCUT2D eigenvalue weighted by Crippen LogP contribution is -2.34. The second-order valence-corrected chi connectivity index (χ2v) is 5.53. The highest BCUT2D eigenvalue weighted by molar-refractivity contribution is 6.00. The van der Waals surface area contributed by atoms with E-state index in [9.17, 15) is 9.59 Å². The average Bonchev–Trinajstić information content (AvgIpc) is 2.89. The zero-order chi connectivity index (χ0) is 15.9. The molecular formula is C17H24N2O3. The number of hydrogen-bond donors (Lipinski definition) is 1. The summed E-state index contributed by atoms with van der Waals surface area (Å²) in [5, 5.41) is 2.89. The lowest BCUT2D eigenvalue weighted by atomic mass is 10.1. The minimum atomic E-state index is -0.265. The van der Waals surface area contributed by atoms with Gasteiger partial charge >= 0.3 is 0 Å². The van der Waals surface area contributed by atoms with E-state index in [4.69, 9.17) is 4.74 Å². The van der Waals surface area contributed by atoms with E-state index in [1.807, 2.05) is 38.1 Å². The molecule has 1 fully saturated rings. The highest BCUT2D eigenvalue weighted by atomic mass is 16.5. The van der Waals surface area contributed by atoms with Crippen LogP contribution in [0.1, 0.15) is 25.3 Å². The van der Waals surface area contributed by atoms with Crippen LogP contribution in [0.2, 0.25) is 0 Å². The van der Waals surface area contributed by atoms with E-state index in [0.29, 0.717) is 26.3 Å². The molecule has 0 saturated carbocycles. The van der Waals surface area contributed by atoms with E-state index >= 15 is 0 Å². The fraction of sp³-hybridized carbons (Fsp3) is 0.529. The van der Waals surface area contributed by atoms with Crippen molar-refractivity contribution in [1.82, 2.24) is 5.32 Å². The molecule has 1 N–H and O–H groups in total. The Morgan fingerprint density at radius 3 is 2.91 bits per heavy atom. The van der Waals surface area contributed by atoms with E-state index in [1.165, 1.54) is 0 Å². The van der Waals surface area contributed by atoms with Gasteiger partial charge in [0.2, 0.25) is 11.8 Å². The van der Waals surface area contributed by atoms with Crippen molar-refractivity contribution in [2.75, 3.05) is 31.2 Å². The minimum absolute atomic E-state index is 0.0174. The standard InChI is InChI=1S/C17H24N2O3/c1-3-22-10-6-9-18-17(21)14-11-16(20)19(12-14)15-8-5-4-7-13(15)2/h4-5,7-8,14H,3,6,9-12H2,1-2H3,(H,18,21)/t14-/m0/s1. The van der Waals surface area contributed by atoms with Gasteiger partial charge in [-0.25, -0.2) is 0 Å². The lowest BCUT2D eigenvalue weighted by molar-refractivity contribution is -0.126. The number of nitrogens with one attached hydrogen (secondary N) is 1. The van der Waals surface area contributed by atoms with Crippen LogP contribution in [-0.4, -0.2) is 38.1 Å². The first-order valence-corrected chi connectivity index (χ1v) is 7.85. The molecule has 5 heteroatoms. The Bertz CT molecular complexity index is 530. The number of para-hydroxylation sites is 1. The van der Waals surface area contributed by atoms with Gasteiger partial charge in [-0.1, -0.05) is 18.2 Å². The second-order valence-electron chi connectivity index (χ2n) is 5.53. The van der Waals surface area contributed by atoms with Crippen LogP contribution in [0.3, 0.4) is 0 Å². The van der Waals surface area contributed by atoms with Crippen LogP contribution in [-0.2, 0) is 14.3 Å². The molecule has 0 spiro atoms. The van der Waals surface area contributed by atoms with Crippen molar-refractivity contribution in [3.05, 3.63) is 29.8 Å². The smallest absolute Gasteiger partial charge is 0.227 e. The maximum atomic E-state index is 12.2. The molecule has 1 aromatic rings. The average molecular weight is 304 g/mol. The van der Waals surface area contributed by atoms with Gasteiger partial charge in [-0.15, -0.1) is 0 Å². The summed E-state index contributed by atoms with van der Waals surface area (Å²) in [6.45, 7) is 6.31. The molecule has 2 amide bonds. The van der Waals surface area contributed by atoms with Gasteiger partial charge in [-0.05, 0) is 31.9 Å². The molecule has 120 valence electrons. The zero-order valence-electron chi connectivity index (χ0n) is 13.3. The Morgan fingerprint density at radius 2 is 2.18 bits per heavy atom. The number of benzene rings is 1. The summed E-state index contributed by atoms with van der Waals surface area (Å²) in [5.41, 5.74) is 1.95. The highest BCUT2D eigenvalue weighted by Crippen LogP contribution is 2.27. The quantitative estimate of drug-likeness (QED) is 0.783. The fourth-order valence-corrected chi connectivity index (χ4v) is 2.66. The number of anilines is 1. The Labute approximate surface area is 131 Å². The molecule has 2 rings (SSSR count). The van der Waals surface area contributed by atoms with E-state index in [1.54, 1.807) is 4.90 Å². The van der Waals surface area contributed by atoms with Crippen molar-refractivity contribution in [3.63, 3.8) is 0 Å². The molecule has 0 bridgehead atoms. The van der Waals surface area contributed by atoms with Gasteiger partial charge in [-0.2, -0.15) is 0 Å². The maximum Gasteiger partial charge on any atom is 0.227 e. The summed E-state index contributed by atoms with van der Waals surface area (Å²) in [7, 11) is 0. The summed E-state index contributed by atoms with van der Waals surface area (Å²) in [6.07, 6.45) is 1.08. The van der Waals surface area contributed by atoms with E-state index < -0.39 is 0 Å². The monoisotopic (exact) mass is 304 g/mol. The molecule has 22 heavy (non-hydrogen) atoms. The van der Waals surface area contributed by atoms with Crippen LogP contribution in [0.25, 0.3) is 0 Å². The predicted octanol–water partition coefficient (Wildman–Crippen LogP) is 1.89. The molecule has 1 aromatic carbocycles. The molecule has 1 saturated heterocycles. The highest BCUT2D eigenvalue weighted by Gasteiger charge is 2.35. The van der Waals surface area contributed by atoms with Crippen LogP contribution in [0.5, 0.6) is 0 Å². The molecule has 0 radical (unpaired) electrons. The van der Waals surface area contributed by atoms with E-state index in [-0.39, 0.29) is 24.2 Å². The first kappa shape index (κ1) is 16.5. The van der Waals surface area contributed by atoms with Crippen molar-refractivity contribution in [3.8, 4) is 0 Å². The van der Waals surface area contributed by atoms with Gasteiger partial charge in [0.15, 0.2) is 0 Å². The molecule has 1 aliphatic heterocycles. The van der Waals surface area contributed by atoms with Gasteiger partial charge in [0, 0.05) is 38.4 Å². The predicted molar refractivity (Wildman–Crippen MR) is 85.8 cm³/mol. The number of carbonyl (C=O) groups is 2. The Kier molecular flexibility index (Phi) is 5.95. The first-order valence-electron chi connectivity index (χ1n) is 7.85. The number of ether oxygens (including phenoxy) is 1. The van der Waals surface area contributed by atoms with Crippen LogP contribution >= 0.6 is 0 Å². The molecule has 0 aromatic heterocycles. The van der Waals surface area contributed by atoms with Gasteiger partial charge in [0.05, 0.1) is 5.92 Å². The summed E-state index contributed by atoms with van der Waals surface area (Å²) in [6, 6.07) is 7.76. The van der Waals surface area contributed by atoms with Crippen molar-refractivity contribution >= 4 is 17.5 Å². The van der Waals surface area contributed by atoms with Crippen LogP contribution in [0.4, 0.5) is 5.69 Å². The van der Waals surface area contributed by atoms with Crippen molar-refractivity contribution in [2.24, 2.45) is 5.92 Å². The summed E-state index contributed by atoms with van der Waals surface area (Å²) in [4.78, 5) is 26.1. The zero-order valence-corrected chi connectivity index (χ0v) is 13.3. The van der Waals surface area contributed by atoms with Crippen molar-refractivity contribution in [2.45, 2.75) is 26.7 Å². The van der Waals surface area contributed by atoms with Crippen LogP contribution in [0.15, 0.2) is 24.3 Å². The van der Waals surface area contributed by atoms with E-state index in [0.717, 1.165) is 17.7 Å². The number of nitrogens with zero attached hydrogens (tertiary/aromatic N) is 1. The number of amides is 2. The van der Waals surface area contributed by atoms with Gasteiger partial charge < -0.3 is 15.0 Å². The Morgan fingerprint density at radius 1 is 1.41 bits per heavy atom. The molecule has 0 unspecified atom stereocenters. The van der Waals surface area contributed by atoms with Crippen molar-refractivity contribution < 1.29 is 14.3 Å². The van der Waals surface area contributed by atoms with Gasteiger partial charge in [0.1, 0.15) is 0 Å². The number of aryl methyl sites for hydroxylation is 1. The lowest BCUT2D eigenvalue weighted by Gasteiger charge is -2.18. The molecule has 5 nitrogen and oxygen atoms in total. The summed E-state index contributed by atoms with van der Waals surface area (Å²) >= 11 is 0. The third kappa shape index (κ3) is 4.07. The minimum Gasteiger partial charge on any atom is -0.382 e. The number of rotatable bonds is 7. The number of hydrogen-bond acceptors (Lipinski definition) is 3. The van der Waals surface area contributed by atoms with Crippen molar-refractivity contribution in [1.29, 1.82) is 0 Å². The van der Waals surface area contributed by atoms with Crippen LogP contribution < -0.4 is 10.2 Å². The molecule has 0 aliphatic carbocycles. The SMILES string of the molecule is CCOCCCNC(=O)[C@H]1CC(=O)N(c2ccccc2C)C1. The number of carbonyl (C=O) groups excluding carboxylic acids is 2. The summed E-state index contributed by atoms with van der Waals surface area (Å²) < 4.78 is 5.23. The fourth-order valence-electron chi connectivity index (χ4n) is 2.66. The molecule has 1 heterocycles. The Balaban J connectivity index is 1.87. The topological polar surface area (TPSA) is 58.6 Å². The van der Waals surface area contributed by atoms with Crippen LogP contribution in [0, 0.1) is 12.8 Å². The molecule has 1 atom stereocenters. The van der Waals surface area contributed by atoms with Gasteiger partial charge in [0.25, 0.3) is 0 Å². The summed E-state index contributed by atoms with van der Waals surface area (Å²) in [5.74, 6) is -0.288. The normalized spacial score (nSPS) is 17.8. The maximum absolute atomic E-state index is 12.2. The largest absolute Gasteiger partial charge is 0.382 e. The molecular weight excluding hydrogens is 280 g/mol. The first-order chi connectivity index (χ1) is 10.6. The Hall–Kier alpha value is -1.88. The second kappa shape index (κ2) is 7.94.